The number of aliphatic hydroxyl groups excluding tert-OH is 1. The van der Waals surface area contributed by atoms with E-state index < -0.39 is 12.7 Å². The van der Waals surface area contributed by atoms with Crippen LogP contribution < -0.4 is 21.3 Å². The van der Waals surface area contributed by atoms with Crippen molar-refractivity contribution in [2.24, 2.45) is 5.73 Å². The highest BCUT2D eigenvalue weighted by molar-refractivity contribution is 5.94. The van der Waals surface area contributed by atoms with Gasteiger partial charge in [-0.15, -0.1) is 5.10 Å². The molecule has 0 unspecified atom stereocenters. The molecule has 0 aliphatic heterocycles. The Hall–Kier alpha value is -5.29. The molecule has 0 bridgehead atoms. The molecule has 4 N–H and O–H groups in total. The summed E-state index contributed by atoms with van der Waals surface area (Å²) in [6.45, 7) is 7.33. The second kappa shape index (κ2) is 10.9. The standard InChI is InChI=1S/C31H30N6O5/c1-18(39)19-8-11-22(12-9-19)34-28-27(42-30(32)41)16-36(35-28)25-6-5-7-26(24(25)17-38)37-29(40)23-13-10-21(31(2,3)4)14-20(23)15-33-37/h5-16,38H,17H2,1-4H3,(H2,32,41)(H,34,35). The van der Waals surface area contributed by atoms with Crippen LogP contribution in [0.15, 0.2) is 77.9 Å². The summed E-state index contributed by atoms with van der Waals surface area (Å²) in [7, 11) is 0. The molecule has 5 aromatic rings. The van der Waals surface area contributed by atoms with Crippen molar-refractivity contribution in [3.05, 3.63) is 100 Å². The summed E-state index contributed by atoms with van der Waals surface area (Å²) in [5.41, 5.74) is 8.21. The molecule has 0 fully saturated rings. The smallest absolute Gasteiger partial charge is 0.405 e. The molecule has 0 saturated heterocycles. The van der Waals surface area contributed by atoms with E-state index in [1.165, 1.54) is 22.5 Å². The zero-order chi connectivity index (χ0) is 30.2. The first-order chi connectivity index (χ1) is 20.0. The van der Waals surface area contributed by atoms with Gasteiger partial charge in [-0.25, -0.2) is 9.48 Å². The molecule has 5 rings (SSSR count). The van der Waals surface area contributed by atoms with E-state index in [0.717, 1.165) is 10.9 Å². The number of anilines is 2. The number of aliphatic hydroxyl groups is 1. The molecule has 0 atom stereocenters. The summed E-state index contributed by atoms with van der Waals surface area (Å²) >= 11 is 0. The van der Waals surface area contributed by atoms with Crippen LogP contribution in [0.25, 0.3) is 22.1 Å². The number of nitrogens with one attached hydrogen (secondary N) is 1. The van der Waals surface area contributed by atoms with E-state index in [1.54, 1.807) is 54.7 Å². The van der Waals surface area contributed by atoms with E-state index in [1.807, 2.05) is 12.1 Å². The number of primary amides is 1. The Morgan fingerprint density at radius 3 is 2.40 bits per heavy atom. The molecular weight excluding hydrogens is 536 g/mol. The number of carbonyl (C=O) groups excluding carboxylic acids is 2. The largest absolute Gasteiger partial charge is 0.410 e. The van der Waals surface area contributed by atoms with Crippen LogP contribution >= 0.6 is 0 Å². The minimum Gasteiger partial charge on any atom is -0.405 e. The molecule has 11 heteroatoms. The summed E-state index contributed by atoms with van der Waals surface area (Å²) in [5, 5.41) is 23.7. The summed E-state index contributed by atoms with van der Waals surface area (Å²) in [6.07, 6.45) is 2.02. The number of carbonyl (C=O) groups is 2. The highest BCUT2D eigenvalue weighted by atomic mass is 16.5. The predicted octanol–water partition coefficient (Wildman–Crippen LogP) is 4.76. The van der Waals surface area contributed by atoms with Crippen LogP contribution in [-0.4, -0.2) is 36.5 Å². The third-order valence-electron chi connectivity index (χ3n) is 6.86. The number of hydrogen-bond donors (Lipinski definition) is 3. The van der Waals surface area contributed by atoms with Gasteiger partial charge in [0.1, 0.15) is 0 Å². The van der Waals surface area contributed by atoms with Crippen LogP contribution in [0.3, 0.4) is 0 Å². The van der Waals surface area contributed by atoms with Gasteiger partial charge in [-0.05, 0) is 66.4 Å². The van der Waals surface area contributed by atoms with Gasteiger partial charge >= 0.3 is 6.09 Å². The van der Waals surface area contributed by atoms with Crippen LogP contribution in [0, 0.1) is 0 Å². The molecule has 214 valence electrons. The Bertz CT molecular complexity index is 1880. The van der Waals surface area contributed by atoms with Crippen molar-refractivity contribution in [1.82, 2.24) is 19.6 Å². The minimum atomic E-state index is -1.04. The van der Waals surface area contributed by atoms with Gasteiger partial charge in [0.15, 0.2) is 17.4 Å². The summed E-state index contributed by atoms with van der Waals surface area (Å²) in [5.74, 6) is 0.118. The Morgan fingerprint density at radius 1 is 1.05 bits per heavy atom. The molecule has 0 spiro atoms. The third-order valence-corrected chi connectivity index (χ3v) is 6.86. The topological polar surface area (TPSA) is 154 Å². The summed E-state index contributed by atoms with van der Waals surface area (Å²) < 4.78 is 7.83. The molecule has 0 aliphatic carbocycles. The number of hydrogen-bond acceptors (Lipinski definition) is 8. The predicted molar refractivity (Wildman–Crippen MR) is 159 cm³/mol. The van der Waals surface area contributed by atoms with E-state index in [2.05, 4.69) is 36.3 Å². The number of rotatable bonds is 7. The van der Waals surface area contributed by atoms with Gasteiger partial charge in [-0.2, -0.15) is 9.78 Å². The average molecular weight is 567 g/mol. The van der Waals surface area contributed by atoms with Crippen molar-refractivity contribution < 1.29 is 19.4 Å². The third kappa shape index (κ3) is 5.50. The monoisotopic (exact) mass is 566 g/mol. The first-order valence-electron chi connectivity index (χ1n) is 13.2. The molecule has 0 radical (unpaired) electrons. The number of fused-ring (bicyclic) bond motifs is 1. The quantitative estimate of drug-likeness (QED) is 0.238. The van der Waals surface area contributed by atoms with E-state index in [0.29, 0.717) is 33.6 Å². The van der Waals surface area contributed by atoms with Crippen LogP contribution in [0.4, 0.5) is 16.3 Å². The molecule has 2 heterocycles. The molecule has 3 aromatic carbocycles. The van der Waals surface area contributed by atoms with Crippen molar-refractivity contribution >= 4 is 34.2 Å². The first-order valence-corrected chi connectivity index (χ1v) is 13.2. The van der Waals surface area contributed by atoms with E-state index in [4.69, 9.17) is 10.5 Å². The Morgan fingerprint density at radius 2 is 1.76 bits per heavy atom. The summed E-state index contributed by atoms with van der Waals surface area (Å²) in [4.78, 5) is 36.8. The summed E-state index contributed by atoms with van der Waals surface area (Å²) in [6, 6.07) is 17.5. The maximum absolute atomic E-state index is 13.5. The second-order valence-electron chi connectivity index (χ2n) is 10.8. The number of ketones is 1. The van der Waals surface area contributed by atoms with Crippen LogP contribution in [-0.2, 0) is 12.0 Å². The Labute approximate surface area is 241 Å². The number of benzene rings is 3. The van der Waals surface area contributed by atoms with Gasteiger partial charge < -0.3 is 20.9 Å². The van der Waals surface area contributed by atoms with Crippen LogP contribution in [0.2, 0.25) is 0 Å². The van der Waals surface area contributed by atoms with Crippen molar-refractivity contribution in [3.63, 3.8) is 0 Å². The Balaban J connectivity index is 1.58. The fourth-order valence-electron chi connectivity index (χ4n) is 4.60. The fraction of sp³-hybridized carbons (Fsp3) is 0.194. The number of ether oxygens (including phenoxy) is 1. The molecule has 11 nitrogen and oxygen atoms in total. The zero-order valence-corrected chi connectivity index (χ0v) is 23.6. The van der Waals surface area contributed by atoms with Gasteiger partial charge in [0, 0.05) is 22.2 Å². The van der Waals surface area contributed by atoms with Gasteiger partial charge in [-0.1, -0.05) is 32.9 Å². The maximum atomic E-state index is 13.5. The first kappa shape index (κ1) is 28.2. The molecule has 2 aromatic heterocycles. The number of nitrogens with two attached hydrogens (primary N) is 1. The number of amides is 1. The molecule has 42 heavy (non-hydrogen) atoms. The van der Waals surface area contributed by atoms with Gasteiger partial charge in [0.25, 0.3) is 5.56 Å². The normalized spacial score (nSPS) is 11.5. The number of nitrogens with zero attached hydrogens (tertiary/aromatic N) is 4. The lowest BCUT2D eigenvalue weighted by molar-refractivity contribution is 0.101. The number of aromatic nitrogens is 4. The van der Waals surface area contributed by atoms with Crippen molar-refractivity contribution in [1.29, 1.82) is 0 Å². The molecule has 0 aliphatic rings. The Kier molecular flexibility index (Phi) is 7.36. The SMILES string of the molecule is CC(=O)c1ccc(Nc2nn(-c3cccc(-n4ncc5cc(C(C)(C)C)ccc5c4=O)c3CO)cc2OC(N)=O)cc1. The van der Waals surface area contributed by atoms with Crippen LogP contribution in [0.5, 0.6) is 5.75 Å². The lowest BCUT2D eigenvalue weighted by Gasteiger charge is -2.19. The van der Waals surface area contributed by atoms with Gasteiger partial charge in [0.05, 0.1) is 35.8 Å². The van der Waals surface area contributed by atoms with E-state index in [-0.39, 0.29) is 28.3 Å². The zero-order valence-electron chi connectivity index (χ0n) is 23.6. The molecule has 1 amide bonds. The second-order valence-corrected chi connectivity index (χ2v) is 10.8. The van der Waals surface area contributed by atoms with Crippen molar-refractivity contribution in [2.75, 3.05) is 5.32 Å². The average Bonchev–Trinajstić information content (AvgIpc) is 3.33. The van der Waals surface area contributed by atoms with Gasteiger partial charge in [0.2, 0.25) is 0 Å². The van der Waals surface area contributed by atoms with Crippen molar-refractivity contribution in [2.45, 2.75) is 39.7 Å². The lowest BCUT2D eigenvalue weighted by atomic mass is 9.86. The van der Waals surface area contributed by atoms with Crippen LogP contribution in [0.1, 0.15) is 49.2 Å². The van der Waals surface area contributed by atoms with E-state index in [9.17, 15) is 19.5 Å². The van der Waals surface area contributed by atoms with E-state index >= 15 is 0 Å². The number of Topliss-reactive ketones (excluding diaryl/α,β-unsaturated/α-hetero) is 1. The highest BCUT2D eigenvalue weighted by Gasteiger charge is 2.20. The molecular formula is C31H30N6O5. The lowest BCUT2D eigenvalue weighted by Crippen LogP contribution is -2.23. The van der Waals surface area contributed by atoms with Gasteiger partial charge in [-0.3, -0.25) is 9.59 Å². The minimum absolute atomic E-state index is 0.0306. The van der Waals surface area contributed by atoms with Crippen molar-refractivity contribution in [3.8, 4) is 17.1 Å². The molecule has 0 saturated carbocycles. The highest BCUT2D eigenvalue weighted by Crippen LogP contribution is 2.31. The maximum Gasteiger partial charge on any atom is 0.410 e. The fourth-order valence-corrected chi connectivity index (χ4v) is 4.60.